The smallest absolute Gasteiger partial charge is 0.325 e. The molecule has 1 fully saturated rings. The molecule has 1 aliphatic rings. The number of nitrogens with two attached hydrogens (primary N) is 1. The summed E-state index contributed by atoms with van der Waals surface area (Å²) in [5.41, 5.74) is 5.51. The highest BCUT2D eigenvalue weighted by atomic mass is 16.4. The van der Waals surface area contributed by atoms with E-state index < -0.39 is 66.9 Å². The van der Waals surface area contributed by atoms with Crippen LogP contribution < -0.4 is 16.4 Å². The van der Waals surface area contributed by atoms with Crippen LogP contribution in [0.3, 0.4) is 0 Å². The third-order valence-electron chi connectivity index (χ3n) is 4.36. The topological polar surface area (TPSA) is 199 Å². The van der Waals surface area contributed by atoms with Crippen molar-refractivity contribution >= 4 is 29.7 Å². The Morgan fingerprint density at radius 2 is 1.82 bits per heavy atom. The number of rotatable bonds is 10. The van der Waals surface area contributed by atoms with E-state index >= 15 is 0 Å². The maximum Gasteiger partial charge on any atom is 0.325 e. The Morgan fingerprint density at radius 3 is 2.36 bits per heavy atom. The monoisotopic (exact) mass is 402 g/mol. The van der Waals surface area contributed by atoms with Crippen LogP contribution in [0.25, 0.3) is 0 Å². The van der Waals surface area contributed by atoms with E-state index in [9.17, 15) is 24.0 Å². The number of hydrogen-bond donors (Lipinski definition) is 6. The van der Waals surface area contributed by atoms with Gasteiger partial charge in [-0.15, -0.1) is 0 Å². The van der Waals surface area contributed by atoms with E-state index in [0.29, 0.717) is 12.8 Å². The summed E-state index contributed by atoms with van der Waals surface area (Å²) in [5.74, 6) is -4.60. The molecule has 158 valence electrons. The molecule has 0 spiro atoms. The summed E-state index contributed by atoms with van der Waals surface area (Å²) in [6.45, 7) is 0.900. The first kappa shape index (κ1) is 23.3. The number of aliphatic hydroxyl groups excluding tert-OH is 1. The number of nitrogens with one attached hydrogen (secondary N) is 2. The fraction of sp³-hybridized carbons (Fsp3) is 0.688. The summed E-state index contributed by atoms with van der Waals surface area (Å²) >= 11 is 0. The lowest BCUT2D eigenvalue weighted by Crippen LogP contribution is -2.56. The number of carboxylic acid groups (broad SMARTS) is 2. The second-order valence-electron chi connectivity index (χ2n) is 6.54. The third-order valence-corrected chi connectivity index (χ3v) is 4.36. The van der Waals surface area contributed by atoms with Crippen molar-refractivity contribution in [3.8, 4) is 0 Å². The van der Waals surface area contributed by atoms with Crippen molar-refractivity contribution in [3.63, 3.8) is 0 Å². The standard InChI is InChI=1S/C16H26N4O8/c1-8(16(27)28)18-13(24)10(4-5-12(22)23)19-14(25)11-3-2-6-20(11)15(26)9(17)7-21/h8-11,21H,2-7,17H2,1H3,(H,18,24)(H,19,25)(H,22,23)(H,27,28). The molecular weight excluding hydrogens is 376 g/mol. The van der Waals surface area contributed by atoms with Crippen LogP contribution in [-0.2, 0) is 24.0 Å². The maximum atomic E-state index is 12.6. The first-order valence-electron chi connectivity index (χ1n) is 8.80. The summed E-state index contributed by atoms with van der Waals surface area (Å²) in [5, 5.41) is 31.3. The summed E-state index contributed by atoms with van der Waals surface area (Å²) in [4.78, 5) is 60.0. The summed E-state index contributed by atoms with van der Waals surface area (Å²) in [7, 11) is 0. The van der Waals surface area contributed by atoms with Gasteiger partial charge in [0, 0.05) is 13.0 Å². The van der Waals surface area contributed by atoms with Crippen molar-refractivity contribution in [2.24, 2.45) is 5.73 Å². The van der Waals surface area contributed by atoms with Crippen molar-refractivity contribution in [1.29, 1.82) is 0 Å². The first-order valence-corrected chi connectivity index (χ1v) is 8.80. The average molecular weight is 402 g/mol. The van der Waals surface area contributed by atoms with Crippen LogP contribution in [0.4, 0.5) is 0 Å². The van der Waals surface area contributed by atoms with E-state index in [2.05, 4.69) is 10.6 Å². The minimum atomic E-state index is -1.29. The lowest BCUT2D eigenvalue weighted by Gasteiger charge is -2.28. The van der Waals surface area contributed by atoms with Crippen LogP contribution in [-0.4, -0.2) is 87.2 Å². The van der Waals surface area contributed by atoms with Crippen molar-refractivity contribution in [2.45, 2.75) is 56.8 Å². The quantitative estimate of drug-likeness (QED) is 0.224. The number of nitrogens with zero attached hydrogens (tertiary/aromatic N) is 1. The van der Waals surface area contributed by atoms with E-state index in [0.717, 1.165) is 0 Å². The van der Waals surface area contributed by atoms with Gasteiger partial charge in [-0.25, -0.2) is 0 Å². The molecule has 28 heavy (non-hydrogen) atoms. The van der Waals surface area contributed by atoms with Gasteiger partial charge in [0.15, 0.2) is 0 Å². The Bertz CT molecular complexity index is 626. The molecule has 4 atom stereocenters. The van der Waals surface area contributed by atoms with Gasteiger partial charge in [0.25, 0.3) is 0 Å². The molecule has 1 heterocycles. The third kappa shape index (κ3) is 6.46. The number of likely N-dealkylation sites (tertiary alicyclic amines) is 1. The molecular formula is C16H26N4O8. The van der Waals surface area contributed by atoms with E-state index in [4.69, 9.17) is 21.1 Å². The van der Waals surface area contributed by atoms with Gasteiger partial charge in [-0.05, 0) is 26.2 Å². The second kappa shape index (κ2) is 10.6. The molecule has 0 aliphatic carbocycles. The zero-order valence-electron chi connectivity index (χ0n) is 15.5. The van der Waals surface area contributed by atoms with Crippen molar-refractivity contribution in [2.75, 3.05) is 13.2 Å². The van der Waals surface area contributed by atoms with Crippen molar-refractivity contribution < 1.29 is 39.3 Å². The fourth-order valence-electron chi connectivity index (χ4n) is 2.77. The maximum absolute atomic E-state index is 12.6. The molecule has 1 aliphatic heterocycles. The highest BCUT2D eigenvalue weighted by Crippen LogP contribution is 2.18. The van der Waals surface area contributed by atoms with Crippen molar-refractivity contribution in [1.82, 2.24) is 15.5 Å². The predicted molar refractivity (Wildman–Crippen MR) is 93.8 cm³/mol. The summed E-state index contributed by atoms with van der Waals surface area (Å²) in [6, 6.07) is -4.60. The Kier molecular flexibility index (Phi) is 8.79. The van der Waals surface area contributed by atoms with Gasteiger partial charge in [0.05, 0.1) is 6.61 Å². The predicted octanol–water partition coefficient (Wildman–Crippen LogP) is -2.76. The first-order chi connectivity index (χ1) is 13.1. The second-order valence-corrected chi connectivity index (χ2v) is 6.54. The Hall–Kier alpha value is -2.73. The van der Waals surface area contributed by atoms with Crippen molar-refractivity contribution in [3.05, 3.63) is 0 Å². The molecule has 3 amide bonds. The highest BCUT2D eigenvalue weighted by molar-refractivity contribution is 5.94. The minimum absolute atomic E-state index is 0.254. The van der Waals surface area contributed by atoms with E-state index in [1.165, 1.54) is 11.8 Å². The van der Waals surface area contributed by atoms with Crippen LogP contribution in [0.5, 0.6) is 0 Å². The molecule has 0 radical (unpaired) electrons. The normalized spacial score (nSPS) is 19.4. The number of hydrogen-bond acceptors (Lipinski definition) is 7. The molecule has 0 saturated carbocycles. The van der Waals surface area contributed by atoms with E-state index in [1.807, 2.05) is 0 Å². The molecule has 0 aromatic rings. The van der Waals surface area contributed by atoms with E-state index in [-0.39, 0.29) is 13.0 Å². The van der Waals surface area contributed by atoms with Crippen LogP contribution in [0.2, 0.25) is 0 Å². The number of aliphatic carboxylic acids is 2. The molecule has 0 aromatic heterocycles. The molecule has 1 rings (SSSR count). The molecule has 0 bridgehead atoms. The Balaban J connectivity index is 2.86. The molecule has 12 heteroatoms. The van der Waals surface area contributed by atoms with Crippen LogP contribution in [0.1, 0.15) is 32.6 Å². The lowest BCUT2D eigenvalue weighted by atomic mass is 10.1. The number of aliphatic hydroxyl groups is 1. The van der Waals surface area contributed by atoms with Gasteiger partial charge >= 0.3 is 11.9 Å². The SMILES string of the molecule is CC(NC(=O)C(CCC(=O)O)NC(=O)C1CCCN1C(=O)C(N)CO)C(=O)O. The minimum Gasteiger partial charge on any atom is -0.481 e. The highest BCUT2D eigenvalue weighted by Gasteiger charge is 2.37. The molecule has 1 saturated heterocycles. The van der Waals surface area contributed by atoms with Crippen LogP contribution >= 0.6 is 0 Å². The number of amides is 3. The zero-order valence-corrected chi connectivity index (χ0v) is 15.5. The van der Waals surface area contributed by atoms with Gasteiger partial charge in [-0.2, -0.15) is 0 Å². The van der Waals surface area contributed by atoms with Gasteiger partial charge in [0.1, 0.15) is 24.2 Å². The number of carbonyl (C=O) groups excluding carboxylic acids is 3. The van der Waals surface area contributed by atoms with Gasteiger partial charge < -0.3 is 36.6 Å². The van der Waals surface area contributed by atoms with Crippen LogP contribution in [0, 0.1) is 0 Å². The largest absolute Gasteiger partial charge is 0.481 e. The Labute approximate surface area is 161 Å². The van der Waals surface area contributed by atoms with Crippen LogP contribution in [0.15, 0.2) is 0 Å². The summed E-state index contributed by atoms with van der Waals surface area (Å²) < 4.78 is 0. The average Bonchev–Trinajstić information content (AvgIpc) is 3.12. The Morgan fingerprint density at radius 1 is 1.18 bits per heavy atom. The number of carboxylic acids is 2. The van der Waals surface area contributed by atoms with E-state index in [1.54, 1.807) is 0 Å². The van der Waals surface area contributed by atoms with Gasteiger partial charge in [-0.1, -0.05) is 0 Å². The molecule has 12 nitrogen and oxygen atoms in total. The van der Waals surface area contributed by atoms with Gasteiger partial charge in [0.2, 0.25) is 17.7 Å². The van der Waals surface area contributed by atoms with Gasteiger partial charge in [-0.3, -0.25) is 24.0 Å². The lowest BCUT2D eigenvalue weighted by molar-refractivity contribution is -0.143. The molecule has 0 aromatic carbocycles. The molecule has 4 unspecified atom stereocenters. The fourth-order valence-corrected chi connectivity index (χ4v) is 2.77. The zero-order chi connectivity index (χ0) is 21.4. The number of carbonyl (C=O) groups is 5. The molecule has 7 N–H and O–H groups in total. The summed E-state index contributed by atoms with van der Waals surface area (Å²) in [6.07, 6.45) is 0.150.